The highest BCUT2D eigenvalue weighted by molar-refractivity contribution is 5.61. The smallest absolute Gasteiger partial charge is 0.160 e. The quantitative estimate of drug-likeness (QED) is 0.825. The minimum absolute atomic E-state index is 0.212. The molecule has 0 amide bonds. The van der Waals surface area contributed by atoms with Crippen molar-refractivity contribution in [3.63, 3.8) is 0 Å². The first kappa shape index (κ1) is 12.1. The average Bonchev–Trinajstić information content (AvgIpc) is 2.85. The first-order valence-corrected chi connectivity index (χ1v) is 6.65. The molecule has 0 fully saturated rings. The van der Waals surface area contributed by atoms with Gasteiger partial charge in [-0.15, -0.1) is 10.2 Å². The van der Waals surface area contributed by atoms with Crippen LogP contribution in [0.2, 0.25) is 0 Å². The Morgan fingerprint density at radius 3 is 2.84 bits per heavy atom. The van der Waals surface area contributed by atoms with Crippen molar-refractivity contribution in [3.05, 3.63) is 24.2 Å². The predicted molar refractivity (Wildman–Crippen MR) is 72.3 cm³/mol. The highest BCUT2D eigenvalue weighted by atomic mass is 15.4. The zero-order valence-electron chi connectivity index (χ0n) is 11.7. The Kier molecular flexibility index (Phi) is 2.73. The van der Waals surface area contributed by atoms with Crippen LogP contribution in [0.15, 0.2) is 12.5 Å². The van der Waals surface area contributed by atoms with E-state index >= 15 is 0 Å². The summed E-state index contributed by atoms with van der Waals surface area (Å²) in [5, 5.41) is 8.33. The van der Waals surface area contributed by atoms with Crippen LogP contribution >= 0.6 is 0 Å². The average molecular weight is 258 g/mol. The van der Waals surface area contributed by atoms with E-state index in [-0.39, 0.29) is 6.04 Å². The SMILES string of the molecule is CC[C@@H]1c2nncn2-c2cnc(C)nc2N1C(C)C. The maximum absolute atomic E-state index is 4.63. The van der Waals surface area contributed by atoms with Crippen LogP contribution in [0.3, 0.4) is 0 Å². The molecular formula is C13H18N6. The molecule has 0 saturated carbocycles. The van der Waals surface area contributed by atoms with Crippen molar-refractivity contribution in [2.75, 3.05) is 4.90 Å². The number of aryl methyl sites for hydroxylation is 1. The summed E-state index contributed by atoms with van der Waals surface area (Å²) >= 11 is 0. The minimum Gasteiger partial charge on any atom is -0.342 e. The Labute approximate surface area is 112 Å². The molecule has 0 spiro atoms. The van der Waals surface area contributed by atoms with E-state index in [0.717, 1.165) is 29.6 Å². The highest BCUT2D eigenvalue weighted by Crippen LogP contribution is 2.38. The van der Waals surface area contributed by atoms with Gasteiger partial charge in [-0.1, -0.05) is 6.92 Å². The summed E-state index contributed by atoms with van der Waals surface area (Å²) in [4.78, 5) is 11.2. The molecule has 0 aliphatic carbocycles. The standard InChI is InChI=1S/C13H18N6/c1-5-10-13-17-15-7-18(13)11-6-14-9(4)16-12(11)19(10)8(2)3/h6-8,10H,5H2,1-4H3/t10-/m1/s1. The first-order chi connectivity index (χ1) is 9.13. The number of hydrogen-bond donors (Lipinski definition) is 0. The second kappa shape index (κ2) is 4.29. The fraction of sp³-hybridized carbons (Fsp3) is 0.538. The highest BCUT2D eigenvalue weighted by Gasteiger charge is 2.34. The van der Waals surface area contributed by atoms with Crippen LogP contribution in [0.5, 0.6) is 0 Å². The van der Waals surface area contributed by atoms with Crippen LogP contribution in [-0.4, -0.2) is 30.8 Å². The van der Waals surface area contributed by atoms with Crippen molar-refractivity contribution in [3.8, 4) is 5.69 Å². The molecule has 1 aliphatic rings. The van der Waals surface area contributed by atoms with Crippen molar-refractivity contribution >= 4 is 5.82 Å². The van der Waals surface area contributed by atoms with Gasteiger partial charge in [0.05, 0.1) is 12.2 Å². The lowest BCUT2D eigenvalue weighted by Crippen LogP contribution is -2.40. The van der Waals surface area contributed by atoms with Crippen LogP contribution < -0.4 is 4.90 Å². The molecule has 1 aliphatic heterocycles. The molecule has 0 aromatic carbocycles. The number of rotatable bonds is 2. The molecule has 3 heterocycles. The fourth-order valence-electron chi connectivity index (χ4n) is 2.72. The van der Waals surface area contributed by atoms with Gasteiger partial charge in [0.2, 0.25) is 0 Å². The predicted octanol–water partition coefficient (Wildman–Crippen LogP) is 2.05. The Morgan fingerprint density at radius 1 is 1.37 bits per heavy atom. The van der Waals surface area contributed by atoms with E-state index in [4.69, 9.17) is 0 Å². The molecule has 100 valence electrons. The van der Waals surface area contributed by atoms with Gasteiger partial charge in [-0.05, 0) is 27.2 Å². The molecular weight excluding hydrogens is 240 g/mol. The van der Waals surface area contributed by atoms with Gasteiger partial charge >= 0.3 is 0 Å². The van der Waals surface area contributed by atoms with Crippen LogP contribution in [0.4, 0.5) is 5.82 Å². The van der Waals surface area contributed by atoms with Gasteiger partial charge in [0.1, 0.15) is 17.8 Å². The topological polar surface area (TPSA) is 59.7 Å². The third-order valence-electron chi connectivity index (χ3n) is 3.53. The molecule has 6 nitrogen and oxygen atoms in total. The molecule has 3 rings (SSSR count). The van der Waals surface area contributed by atoms with Crippen molar-refractivity contribution in [2.24, 2.45) is 0 Å². The molecule has 2 aromatic rings. The molecule has 1 atom stereocenters. The number of anilines is 1. The van der Waals surface area contributed by atoms with Crippen molar-refractivity contribution in [1.82, 2.24) is 24.7 Å². The molecule has 0 unspecified atom stereocenters. The Bertz CT molecular complexity index is 603. The summed E-state index contributed by atoms with van der Waals surface area (Å²) in [6, 6.07) is 0.563. The second-order valence-electron chi connectivity index (χ2n) is 5.11. The number of aromatic nitrogens is 5. The van der Waals surface area contributed by atoms with E-state index < -0.39 is 0 Å². The molecule has 19 heavy (non-hydrogen) atoms. The Hall–Kier alpha value is -1.98. The molecule has 0 radical (unpaired) electrons. The van der Waals surface area contributed by atoms with Gasteiger partial charge in [-0.2, -0.15) is 0 Å². The van der Waals surface area contributed by atoms with E-state index in [1.165, 1.54) is 0 Å². The summed E-state index contributed by atoms with van der Waals surface area (Å²) in [7, 11) is 0. The summed E-state index contributed by atoms with van der Waals surface area (Å²) < 4.78 is 2.00. The second-order valence-corrected chi connectivity index (χ2v) is 5.11. The van der Waals surface area contributed by atoms with Gasteiger partial charge in [-0.25, -0.2) is 9.97 Å². The van der Waals surface area contributed by atoms with E-state index in [9.17, 15) is 0 Å². The third-order valence-corrected chi connectivity index (χ3v) is 3.53. The van der Waals surface area contributed by atoms with Crippen molar-refractivity contribution < 1.29 is 0 Å². The Morgan fingerprint density at radius 2 is 2.16 bits per heavy atom. The lowest BCUT2D eigenvalue weighted by atomic mass is 10.1. The maximum Gasteiger partial charge on any atom is 0.160 e. The lowest BCUT2D eigenvalue weighted by molar-refractivity contribution is 0.496. The van der Waals surface area contributed by atoms with Gasteiger partial charge < -0.3 is 4.90 Å². The number of fused-ring (bicyclic) bond motifs is 3. The van der Waals surface area contributed by atoms with E-state index in [1.54, 1.807) is 6.33 Å². The summed E-state index contributed by atoms with van der Waals surface area (Å²) in [5.41, 5.74) is 0.962. The summed E-state index contributed by atoms with van der Waals surface area (Å²) in [6.07, 6.45) is 4.57. The Balaban J connectivity index is 2.27. The van der Waals surface area contributed by atoms with Gasteiger partial charge in [0, 0.05) is 6.04 Å². The largest absolute Gasteiger partial charge is 0.342 e. The van der Waals surface area contributed by atoms with Crippen LogP contribution in [0.1, 0.15) is 44.9 Å². The minimum atomic E-state index is 0.212. The summed E-state index contributed by atoms with van der Waals surface area (Å²) in [6.45, 7) is 8.44. The lowest BCUT2D eigenvalue weighted by Gasteiger charge is -2.39. The van der Waals surface area contributed by atoms with Crippen molar-refractivity contribution in [1.29, 1.82) is 0 Å². The first-order valence-electron chi connectivity index (χ1n) is 6.65. The monoisotopic (exact) mass is 258 g/mol. The van der Waals surface area contributed by atoms with Crippen LogP contribution in [0, 0.1) is 6.92 Å². The van der Waals surface area contributed by atoms with E-state index in [0.29, 0.717) is 6.04 Å². The fourth-order valence-corrected chi connectivity index (χ4v) is 2.72. The van der Waals surface area contributed by atoms with Crippen LogP contribution in [0.25, 0.3) is 5.69 Å². The molecule has 2 aromatic heterocycles. The van der Waals surface area contributed by atoms with Gasteiger partial charge in [0.15, 0.2) is 11.6 Å². The maximum atomic E-state index is 4.63. The van der Waals surface area contributed by atoms with Crippen LogP contribution in [-0.2, 0) is 0 Å². The zero-order chi connectivity index (χ0) is 13.6. The van der Waals surface area contributed by atoms with E-state index in [2.05, 4.69) is 45.8 Å². The molecule has 0 N–H and O–H groups in total. The van der Waals surface area contributed by atoms with E-state index in [1.807, 2.05) is 17.7 Å². The van der Waals surface area contributed by atoms with Gasteiger partial charge in [0.25, 0.3) is 0 Å². The molecule has 6 heteroatoms. The molecule has 0 bridgehead atoms. The zero-order valence-corrected chi connectivity index (χ0v) is 11.7. The molecule has 0 saturated heterocycles. The number of hydrogen-bond acceptors (Lipinski definition) is 5. The number of nitrogens with zero attached hydrogens (tertiary/aromatic N) is 6. The van der Waals surface area contributed by atoms with Crippen molar-refractivity contribution in [2.45, 2.75) is 46.2 Å². The van der Waals surface area contributed by atoms with Gasteiger partial charge in [-0.3, -0.25) is 4.57 Å². The third kappa shape index (κ3) is 1.70. The normalized spacial score (nSPS) is 17.5. The summed E-state index contributed by atoms with van der Waals surface area (Å²) in [5.74, 6) is 2.73.